The van der Waals surface area contributed by atoms with Gasteiger partial charge in [0.25, 0.3) is 10.2 Å². The van der Waals surface area contributed by atoms with Gasteiger partial charge in [0.2, 0.25) is 0 Å². The summed E-state index contributed by atoms with van der Waals surface area (Å²) in [6.07, 6.45) is 4.69. The Morgan fingerprint density at radius 3 is 2.67 bits per heavy atom. The van der Waals surface area contributed by atoms with Crippen molar-refractivity contribution < 1.29 is 8.42 Å². The molecule has 1 heterocycles. The number of rotatable bonds is 6. The fraction of sp³-hybridized carbons (Fsp3) is 1.00. The number of nitrogens with one attached hydrogen (secondary N) is 1. The number of nitrogens with zero attached hydrogens (tertiary/aromatic N) is 2. The summed E-state index contributed by atoms with van der Waals surface area (Å²) in [5.74, 6) is 0.472. The SMILES string of the molecule is CCN(C)S(=O)(=O)N1CCCC(CNC2CC2)C1. The van der Waals surface area contributed by atoms with Crippen LogP contribution in [0.4, 0.5) is 0 Å². The number of hydrogen-bond donors (Lipinski definition) is 1. The van der Waals surface area contributed by atoms with E-state index in [4.69, 9.17) is 0 Å². The molecule has 1 unspecified atom stereocenters. The first-order valence-corrected chi connectivity index (χ1v) is 8.38. The molecule has 106 valence electrons. The molecule has 0 aromatic rings. The Hall–Kier alpha value is -0.170. The highest BCUT2D eigenvalue weighted by Crippen LogP contribution is 2.23. The molecular formula is C12H25N3O2S. The highest BCUT2D eigenvalue weighted by molar-refractivity contribution is 7.86. The van der Waals surface area contributed by atoms with Crippen molar-refractivity contribution in [1.29, 1.82) is 0 Å². The van der Waals surface area contributed by atoms with Crippen molar-refractivity contribution in [3.05, 3.63) is 0 Å². The summed E-state index contributed by atoms with van der Waals surface area (Å²) in [5.41, 5.74) is 0. The van der Waals surface area contributed by atoms with E-state index in [1.807, 2.05) is 6.92 Å². The minimum Gasteiger partial charge on any atom is -0.314 e. The Labute approximate surface area is 111 Å². The van der Waals surface area contributed by atoms with E-state index in [0.29, 0.717) is 31.6 Å². The van der Waals surface area contributed by atoms with Crippen molar-refractivity contribution in [1.82, 2.24) is 13.9 Å². The van der Waals surface area contributed by atoms with Crippen molar-refractivity contribution >= 4 is 10.2 Å². The summed E-state index contributed by atoms with van der Waals surface area (Å²) < 4.78 is 27.6. The molecule has 1 saturated carbocycles. The Bertz CT molecular complexity index is 368. The molecule has 0 spiro atoms. The van der Waals surface area contributed by atoms with Crippen molar-refractivity contribution in [2.45, 2.75) is 38.6 Å². The Kier molecular flexibility index (Phi) is 4.64. The summed E-state index contributed by atoms with van der Waals surface area (Å²) in [4.78, 5) is 0. The van der Waals surface area contributed by atoms with E-state index in [-0.39, 0.29) is 0 Å². The molecule has 5 nitrogen and oxygen atoms in total. The second kappa shape index (κ2) is 5.86. The molecule has 0 bridgehead atoms. The third-order valence-electron chi connectivity index (χ3n) is 3.92. The monoisotopic (exact) mass is 275 g/mol. The summed E-state index contributed by atoms with van der Waals surface area (Å²) in [6, 6.07) is 0.704. The van der Waals surface area contributed by atoms with Gasteiger partial charge in [-0.1, -0.05) is 6.92 Å². The quantitative estimate of drug-likeness (QED) is 0.774. The van der Waals surface area contributed by atoms with E-state index in [1.54, 1.807) is 11.4 Å². The van der Waals surface area contributed by atoms with Crippen molar-refractivity contribution in [3.63, 3.8) is 0 Å². The highest BCUT2D eigenvalue weighted by Gasteiger charge is 2.32. The van der Waals surface area contributed by atoms with Gasteiger partial charge in [-0.15, -0.1) is 0 Å². The minimum atomic E-state index is -3.23. The van der Waals surface area contributed by atoms with Crippen LogP contribution in [0.2, 0.25) is 0 Å². The molecule has 0 aromatic carbocycles. The topological polar surface area (TPSA) is 52.7 Å². The van der Waals surface area contributed by atoms with Crippen molar-refractivity contribution in [2.75, 3.05) is 33.2 Å². The normalized spacial score (nSPS) is 26.7. The molecule has 18 heavy (non-hydrogen) atoms. The lowest BCUT2D eigenvalue weighted by Gasteiger charge is -2.34. The summed E-state index contributed by atoms with van der Waals surface area (Å²) in [7, 11) is -1.57. The van der Waals surface area contributed by atoms with Crippen molar-refractivity contribution in [2.24, 2.45) is 5.92 Å². The van der Waals surface area contributed by atoms with Gasteiger partial charge in [0, 0.05) is 32.7 Å². The zero-order valence-electron chi connectivity index (χ0n) is 11.4. The van der Waals surface area contributed by atoms with Gasteiger partial charge >= 0.3 is 0 Å². The molecule has 2 rings (SSSR count). The van der Waals surface area contributed by atoms with E-state index in [2.05, 4.69) is 5.32 Å². The average molecular weight is 275 g/mol. The van der Waals surface area contributed by atoms with Gasteiger partial charge in [-0.05, 0) is 38.1 Å². The molecule has 1 N–H and O–H groups in total. The first kappa shape index (κ1) is 14.2. The molecule has 0 amide bonds. The highest BCUT2D eigenvalue weighted by atomic mass is 32.2. The molecule has 0 radical (unpaired) electrons. The molecular weight excluding hydrogens is 250 g/mol. The van der Waals surface area contributed by atoms with E-state index >= 15 is 0 Å². The van der Waals surface area contributed by atoms with Crippen LogP contribution in [0.5, 0.6) is 0 Å². The van der Waals surface area contributed by atoms with Gasteiger partial charge in [-0.25, -0.2) is 0 Å². The summed E-state index contributed by atoms with van der Waals surface area (Å²) in [5, 5.41) is 3.51. The lowest BCUT2D eigenvalue weighted by atomic mass is 10.00. The Morgan fingerprint density at radius 1 is 1.33 bits per heavy atom. The van der Waals surface area contributed by atoms with Crippen LogP contribution >= 0.6 is 0 Å². The van der Waals surface area contributed by atoms with Crippen LogP contribution in [-0.4, -0.2) is 56.3 Å². The third kappa shape index (κ3) is 3.44. The largest absolute Gasteiger partial charge is 0.314 e. The van der Waals surface area contributed by atoms with E-state index in [9.17, 15) is 8.42 Å². The molecule has 1 saturated heterocycles. The van der Waals surface area contributed by atoms with Gasteiger partial charge in [-0.2, -0.15) is 17.0 Å². The first-order valence-electron chi connectivity index (χ1n) is 6.98. The maximum Gasteiger partial charge on any atom is 0.281 e. The van der Waals surface area contributed by atoms with E-state index < -0.39 is 10.2 Å². The average Bonchev–Trinajstić information content (AvgIpc) is 3.19. The summed E-state index contributed by atoms with van der Waals surface area (Å²) in [6.45, 7) is 4.71. The standard InChI is InChI=1S/C12H25N3O2S/c1-3-14(2)18(16,17)15-8-4-5-11(10-15)9-13-12-6-7-12/h11-13H,3-10H2,1-2H3. The smallest absolute Gasteiger partial charge is 0.281 e. The molecule has 2 fully saturated rings. The predicted octanol–water partition coefficient (Wildman–Crippen LogP) is 0.647. The minimum absolute atomic E-state index is 0.472. The zero-order valence-corrected chi connectivity index (χ0v) is 12.2. The predicted molar refractivity (Wildman–Crippen MR) is 72.5 cm³/mol. The number of piperidine rings is 1. The molecule has 1 aliphatic carbocycles. The van der Waals surface area contributed by atoms with Crippen LogP contribution < -0.4 is 5.32 Å². The maximum absolute atomic E-state index is 12.2. The van der Waals surface area contributed by atoms with Gasteiger partial charge in [0.1, 0.15) is 0 Å². The molecule has 1 aliphatic heterocycles. The van der Waals surface area contributed by atoms with Crippen LogP contribution in [0.3, 0.4) is 0 Å². The fourth-order valence-corrected chi connectivity index (χ4v) is 3.86. The Morgan fingerprint density at radius 2 is 2.06 bits per heavy atom. The summed E-state index contributed by atoms with van der Waals surface area (Å²) >= 11 is 0. The lowest BCUT2D eigenvalue weighted by molar-refractivity contribution is 0.247. The van der Waals surface area contributed by atoms with Gasteiger partial charge in [0.15, 0.2) is 0 Å². The van der Waals surface area contributed by atoms with Gasteiger partial charge in [-0.3, -0.25) is 0 Å². The van der Waals surface area contributed by atoms with Crippen LogP contribution in [0.1, 0.15) is 32.6 Å². The van der Waals surface area contributed by atoms with Crippen LogP contribution in [0, 0.1) is 5.92 Å². The lowest BCUT2D eigenvalue weighted by Crippen LogP contribution is -2.48. The van der Waals surface area contributed by atoms with Crippen LogP contribution in [0.15, 0.2) is 0 Å². The van der Waals surface area contributed by atoms with Gasteiger partial charge < -0.3 is 5.32 Å². The first-order chi connectivity index (χ1) is 8.54. The van der Waals surface area contributed by atoms with E-state index in [1.165, 1.54) is 17.1 Å². The Balaban J connectivity index is 1.88. The van der Waals surface area contributed by atoms with Crippen molar-refractivity contribution in [3.8, 4) is 0 Å². The number of hydrogen-bond acceptors (Lipinski definition) is 3. The second-order valence-corrected chi connectivity index (χ2v) is 7.51. The maximum atomic E-state index is 12.2. The zero-order chi connectivity index (χ0) is 13.2. The molecule has 6 heteroatoms. The fourth-order valence-electron chi connectivity index (χ4n) is 2.38. The van der Waals surface area contributed by atoms with Gasteiger partial charge in [0.05, 0.1) is 0 Å². The molecule has 1 atom stereocenters. The van der Waals surface area contributed by atoms with Crippen LogP contribution in [0.25, 0.3) is 0 Å². The van der Waals surface area contributed by atoms with Crippen LogP contribution in [-0.2, 0) is 10.2 Å². The third-order valence-corrected chi connectivity index (χ3v) is 5.95. The second-order valence-electron chi connectivity index (χ2n) is 5.47. The van der Waals surface area contributed by atoms with E-state index in [0.717, 1.165) is 19.4 Å². The molecule has 2 aliphatic rings. The molecule has 0 aromatic heterocycles.